The van der Waals surface area contributed by atoms with Crippen molar-refractivity contribution in [1.29, 1.82) is 1.28 Å². The van der Waals surface area contributed by atoms with Crippen LogP contribution in [-0.4, -0.2) is 18.3 Å². The average molecular weight is 278 g/mol. The van der Waals surface area contributed by atoms with Crippen LogP contribution in [0.4, 0.5) is 0 Å². The molecule has 0 N–H and O–H groups in total. The fraction of sp³-hybridized carbons (Fsp3) is 0.300. The van der Waals surface area contributed by atoms with E-state index >= 15 is 0 Å². The first-order chi connectivity index (χ1) is 7.63. The van der Waals surface area contributed by atoms with Crippen molar-refractivity contribution in [3.63, 3.8) is 0 Å². The van der Waals surface area contributed by atoms with E-state index in [0.29, 0.717) is 11.5 Å². The first-order valence-corrected chi connectivity index (χ1v) is 8.94. The van der Waals surface area contributed by atoms with Gasteiger partial charge in [0.25, 0.3) is 0 Å². The minimum absolute atomic E-state index is 0.137. The fourth-order valence-electron chi connectivity index (χ4n) is 1.07. The lowest BCUT2D eigenvalue weighted by atomic mass is 10.1. The lowest BCUT2D eigenvalue weighted by Gasteiger charge is -2.01. The van der Waals surface area contributed by atoms with Crippen LogP contribution in [0.5, 0.6) is 0 Å². The first-order valence-electron chi connectivity index (χ1n) is 4.90. The predicted octanol–water partition coefficient (Wildman–Crippen LogP) is 3.46. The largest absolute Gasteiger partial charge is 0.293 e. The van der Waals surface area contributed by atoms with Gasteiger partial charge in [-0.2, -0.15) is 12.6 Å². The van der Waals surface area contributed by atoms with Gasteiger partial charge >= 0.3 is 0 Å². The Morgan fingerprint density at radius 1 is 1.53 bits per heavy atom. The van der Waals surface area contributed by atoms with Gasteiger partial charge in [-0.15, -0.1) is 20.7 Å². The standard InChI is InChI=1S/C10H14OP2S2/c11-10(6-15-7-13-12)9-3-1-8(5-14)2-4-9/h1-4,13-14H,5-7,12H2/i13T. The molecule has 0 saturated heterocycles. The van der Waals surface area contributed by atoms with E-state index in [1.165, 1.54) is 11.8 Å². The zero-order chi connectivity index (χ0) is 12.0. The number of hydrogen-bond donors (Lipinski definition) is 1. The lowest BCUT2D eigenvalue weighted by molar-refractivity contribution is 0.102. The zero-order valence-corrected chi connectivity index (χ0v) is 12.0. The fourth-order valence-corrected chi connectivity index (χ4v) is 3.37. The summed E-state index contributed by atoms with van der Waals surface area (Å²) < 4.78 is 7.37. The van der Waals surface area contributed by atoms with Gasteiger partial charge in [0.05, 0.1) is 7.03 Å². The molecule has 0 amide bonds. The number of carbonyl (C=O) groups is 1. The van der Waals surface area contributed by atoms with Crippen LogP contribution in [0.1, 0.15) is 15.9 Å². The van der Waals surface area contributed by atoms with E-state index in [1.54, 1.807) is 0 Å². The Labute approximate surface area is 106 Å². The normalized spacial score (nSPS) is 13.3. The van der Waals surface area contributed by atoms with Gasteiger partial charge in [-0.1, -0.05) is 32.5 Å². The number of thioether (sulfide) groups is 1. The highest BCUT2D eigenvalue weighted by molar-refractivity contribution is 8.14. The molecule has 1 rings (SSSR count). The molecule has 0 saturated carbocycles. The molecule has 1 aromatic carbocycles. The van der Waals surface area contributed by atoms with E-state index in [0.717, 1.165) is 16.6 Å². The third-order valence-corrected chi connectivity index (χ3v) is 5.36. The molecule has 2 unspecified atom stereocenters. The summed E-state index contributed by atoms with van der Waals surface area (Å²) in [6.07, 6.45) is 0. The van der Waals surface area contributed by atoms with Crippen LogP contribution in [0.2, 0.25) is 0 Å². The maximum absolute atomic E-state index is 11.7. The third-order valence-electron chi connectivity index (χ3n) is 1.86. The minimum atomic E-state index is -0.741. The Balaban J connectivity index is 2.46. The molecule has 0 radical (unpaired) electrons. The average Bonchev–Trinajstić information content (AvgIpc) is 2.28. The SMILES string of the molecule is [3H]P(P)CSCC(=O)c1ccc(CS)cc1. The number of carbonyl (C=O) groups excluding carboxylic acids is 1. The van der Waals surface area contributed by atoms with Gasteiger partial charge in [0, 0.05) is 16.8 Å². The Morgan fingerprint density at radius 3 is 2.73 bits per heavy atom. The highest BCUT2D eigenvalue weighted by Gasteiger charge is 2.04. The summed E-state index contributed by atoms with van der Waals surface area (Å²) in [5.74, 6) is 1.30. The number of Topliss-reactive ketones (excluding diaryl/α,β-unsaturated/α-hetero) is 1. The molecule has 0 bridgehead atoms. The molecule has 0 aromatic heterocycles. The minimum Gasteiger partial charge on any atom is -0.293 e. The van der Waals surface area contributed by atoms with Crippen molar-refractivity contribution in [1.82, 2.24) is 0 Å². The van der Waals surface area contributed by atoms with Crippen molar-refractivity contribution in [2.45, 2.75) is 5.75 Å². The Bertz CT molecular complexity index is 343. The van der Waals surface area contributed by atoms with Crippen LogP contribution in [0.15, 0.2) is 24.3 Å². The summed E-state index contributed by atoms with van der Waals surface area (Å²) in [7, 11) is 1.73. The van der Waals surface area contributed by atoms with Crippen LogP contribution in [-0.2, 0) is 5.75 Å². The monoisotopic (exact) mass is 278 g/mol. The molecule has 5 heteroatoms. The second kappa shape index (κ2) is 7.68. The molecule has 0 aliphatic heterocycles. The molecule has 0 aliphatic rings. The molecular weight excluding hydrogens is 262 g/mol. The van der Waals surface area contributed by atoms with Crippen molar-refractivity contribution < 1.29 is 4.79 Å². The van der Waals surface area contributed by atoms with Gasteiger partial charge in [0.15, 0.2) is 5.78 Å². The van der Waals surface area contributed by atoms with E-state index in [9.17, 15) is 4.79 Å². The number of benzene rings is 1. The molecule has 15 heavy (non-hydrogen) atoms. The summed E-state index contributed by atoms with van der Waals surface area (Å²) >= 11 is 5.70. The molecule has 0 aliphatic carbocycles. The Morgan fingerprint density at radius 2 is 2.20 bits per heavy atom. The number of rotatable bonds is 6. The maximum Gasteiger partial charge on any atom is 0.172 e. The lowest BCUT2D eigenvalue weighted by Crippen LogP contribution is -2.02. The number of ketones is 1. The highest BCUT2D eigenvalue weighted by atomic mass is 32.2. The quantitative estimate of drug-likeness (QED) is 0.487. The van der Waals surface area contributed by atoms with E-state index in [4.69, 9.17) is 1.28 Å². The second-order valence-electron chi connectivity index (χ2n) is 2.94. The molecule has 1 aromatic rings. The molecular formula is C10H14OP2S2. The molecule has 2 atom stereocenters. The molecule has 0 spiro atoms. The smallest absolute Gasteiger partial charge is 0.172 e. The predicted molar refractivity (Wildman–Crippen MR) is 78.8 cm³/mol. The van der Waals surface area contributed by atoms with Crippen molar-refractivity contribution in [3.05, 3.63) is 35.4 Å². The summed E-state index contributed by atoms with van der Waals surface area (Å²) in [4.78, 5) is 11.7. The van der Waals surface area contributed by atoms with Crippen molar-refractivity contribution in [2.75, 3.05) is 11.2 Å². The Kier molecular flexibility index (Phi) is 6.10. The van der Waals surface area contributed by atoms with Gasteiger partial charge in [-0.05, 0) is 5.56 Å². The maximum atomic E-state index is 11.7. The van der Waals surface area contributed by atoms with E-state index in [2.05, 4.69) is 21.6 Å². The van der Waals surface area contributed by atoms with E-state index < -0.39 is 8.21 Å². The van der Waals surface area contributed by atoms with Gasteiger partial charge in [-0.25, -0.2) is 0 Å². The Hall–Kier alpha value is 0.450. The molecule has 82 valence electrons. The molecule has 1 nitrogen and oxygen atoms in total. The summed E-state index contributed by atoms with van der Waals surface area (Å²) in [6.45, 7) is 0. The summed E-state index contributed by atoms with van der Waals surface area (Å²) in [5, 5.41) is 0. The van der Waals surface area contributed by atoms with E-state index in [1.807, 2.05) is 24.3 Å². The van der Waals surface area contributed by atoms with Gasteiger partial charge in [-0.3, -0.25) is 4.79 Å². The van der Waals surface area contributed by atoms with Crippen LogP contribution in [0.3, 0.4) is 0 Å². The van der Waals surface area contributed by atoms with Gasteiger partial charge in [0.1, 0.15) is 0 Å². The number of thiol groups is 1. The first kappa shape index (κ1) is 11.9. The summed E-state index contributed by atoms with van der Waals surface area (Å²) in [5.41, 5.74) is 2.60. The van der Waals surface area contributed by atoms with Crippen LogP contribution in [0.25, 0.3) is 0 Å². The van der Waals surface area contributed by atoms with Crippen molar-refractivity contribution in [3.8, 4) is 0 Å². The summed E-state index contributed by atoms with van der Waals surface area (Å²) in [6, 6.07) is 7.55. The topological polar surface area (TPSA) is 17.1 Å². The highest BCUT2D eigenvalue weighted by Crippen LogP contribution is 2.26. The molecule has 0 fully saturated rings. The van der Waals surface area contributed by atoms with Gasteiger partial charge in [0.2, 0.25) is 0 Å². The number of hydrogen-bond acceptors (Lipinski definition) is 3. The van der Waals surface area contributed by atoms with Gasteiger partial charge < -0.3 is 0 Å². The van der Waals surface area contributed by atoms with Crippen LogP contribution < -0.4 is 0 Å². The van der Waals surface area contributed by atoms with Crippen LogP contribution >= 0.6 is 41.5 Å². The third kappa shape index (κ3) is 4.87. The molecule has 0 heterocycles. The van der Waals surface area contributed by atoms with Crippen molar-refractivity contribution in [2.24, 2.45) is 0 Å². The zero-order valence-electron chi connectivity index (χ0n) is 9.22. The van der Waals surface area contributed by atoms with Crippen molar-refractivity contribution >= 4 is 47.3 Å². The van der Waals surface area contributed by atoms with E-state index in [-0.39, 0.29) is 5.78 Å². The van der Waals surface area contributed by atoms with Crippen LogP contribution in [0, 0.1) is 0 Å². The second-order valence-corrected chi connectivity index (χ2v) is 6.44.